The Balaban J connectivity index is 1.90. The molecule has 2 aromatic rings. The maximum absolute atomic E-state index is 14.1. The summed E-state index contributed by atoms with van der Waals surface area (Å²) in [5, 5.41) is 0. The van der Waals surface area contributed by atoms with E-state index in [9.17, 15) is 9.59 Å². The fourth-order valence-corrected chi connectivity index (χ4v) is 5.47. The quantitative estimate of drug-likeness (QED) is 0.504. The van der Waals surface area contributed by atoms with Gasteiger partial charge in [-0.15, -0.1) is 0 Å². The summed E-state index contributed by atoms with van der Waals surface area (Å²) >= 11 is 0. The number of aryl methyl sites for hydroxylation is 3. The van der Waals surface area contributed by atoms with E-state index in [1.165, 1.54) is 0 Å². The first-order chi connectivity index (χ1) is 16.8. The van der Waals surface area contributed by atoms with E-state index < -0.39 is 11.5 Å². The van der Waals surface area contributed by atoms with Crippen LogP contribution in [0.5, 0.6) is 0 Å². The van der Waals surface area contributed by atoms with E-state index in [2.05, 4.69) is 0 Å². The van der Waals surface area contributed by atoms with Gasteiger partial charge in [-0.3, -0.25) is 4.79 Å². The summed E-state index contributed by atoms with van der Waals surface area (Å²) in [5.74, 6) is -0.150. The minimum atomic E-state index is -0.760. The highest BCUT2D eigenvalue weighted by molar-refractivity contribution is 6.24. The van der Waals surface area contributed by atoms with Crippen LogP contribution in [-0.2, 0) is 19.0 Å². The normalized spacial score (nSPS) is 22.3. The third kappa shape index (κ3) is 4.53. The molecule has 186 valence electrons. The SMILES string of the molecule is CCOCN1C(=O)C(c2c(C)cccc2C)=C(OC(=O)c2ccccc2C)C12CCC(OC)CC2. The Hall–Kier alpha value is -2.96. The molecule has 2 aliphatic rings. The summed E-state index contributed by atoms with van der Waals surface area (Å²) in [6.07, 6.45) is 2.90. The van der Waals surface area contributed by atoms with Gasteiger partial charge in [0.05, 0.1) is 17.2 Å². The number of carbonyl (C=O) groups is 2. The van der Waals surface area contributed by atoms with Crippen LogP contribution in [0.1, 0.15) is 65.2 Å². The summed E-state index contributed by atoms with van der Waals surface area (Å²) in [7, 11) is 1.72. The Kier molecular flexibility index (Phi) is 7.43. The first-order valence-corrected chi connectivity index (χ1v) is 12.4. The van der Waals surface area contributed by atoms with Gasteiger partial charge in [-0.25, -0.2) is 4.79 Å². The zero-order chi connectivity index (χ0) is 25.2. The van der Waals surface area contributed by atoms with Crippen molar-refractivity contribution in [1.29, 1.82) is 0 Å². The van der Waals surface area contributed by atoms with Gasteiger partial charge in [-0.1, -0.05) is 36.4 Å². The molecule has 0 saturated heterocycles. The summed E-state index contributed by atoms with van der Waals surface area (Å²) in [6.45, 7) is 8.41. The second-order valence-electron chi connectivity index (χ2n) is 9.50. The van der Waals surface area contributed by atoms with Gasteiger partial charge in [-0.2, -0.15) is 0 Å². The predicted molar refractivity (Wildman–Crippen MR) is 135 cm³/mol. The molecule has 1 saturated carbocycles. The number of hydrogen-bond acceptors (Lipinski definition) is 5. The molecule has 35 heavy (non-hydrogen) atoms. The van der Waals surface area contributed by atoms with Crippen molar-refractivity contribution in [3.05, 3.63) is 76.0 Å². The highest BCUT2D eigenvalue weighted by Gasteiger charge is 2.55. The van der Waals surface area contributed by atoms with Crippen LogP contribution >= 0.6 is 0 Å². The van der Waals surface area contributed by atoms with Crippen LogP contribution in [-0.4, -0.2) is 48.9 Å². The molecule has 6 heteroatoms. The van der Waals surface area contributed by atoms with Gasteiger partial charge >= 0.3 is 5.97 Å². The number of benzene rings is 2. The van der Waals surface area contributed by atoms with Crippen LogP contribution < -0.4 is 0 Å². The molecule has 1 amide bonds. The van der Waals surface area contributed by atoms with E-state index >= 15 is 0 Å². The Morgan fingerprint density at radius 3 is 2.23 bits per heavy atom. The van der Waals surface area contributed by atoms with E-state index in [0.29, 0.717) is 36.3 Å². The molecule has 0 bridgehead atoms. The van der Waals surface area contributed by atoms with Crippen molar-refractivity contribution in [3.63, 3.8) is 0 Å². The molecule has 1 fully saturated rings. The Morgan fingerprint density at radius 1 is 1.00 bits per heavy atom. The lowest BCUT2D eigenvalue weighted by atomic mass is 9.78. The van der Waals surface area contributed by atoms with Crippen molar-refractivity contribution >= 4 is 17.4 Å². The van der Waals surface area contributed by atoms with Crippen molar-refractivity contribution < 1.29 is 23.8 Å². The summed E-state index contributed by atoms with van der Waals surface area (Å²) < 4.78 is 17.7. The van der Waals surface area contributed by atoms with Crippen molar-refractivity contribution in [2.24, 2.45) is 0 Å². The monoisotopic (exact) mass is 477 g/mol. The molecule has 0 radical (unpaired) electrons. The fourth-order valence-electron chi connectivity index (χ4n) is 5.47. The molecule has 2 aromatic carbocycles. The highest BCUT2D eigenvalue weighted by atomic mass is 16.5. The lowest BCUT2D eigenvalue weighted by Gasteiger charge is -2.43. The molecule has 1 aliphatic carbocycles. The molecule has 0 atom stereocenters. The lowest BCUT2D eigenvalue weighted by Crippen LogP contribution is -2.52. The molecule has 0 aromatic heterocycles. The molecule has 1 spiro atoms. The van der Waals surface area contributed by atoms with Crippen molar-refractivity contribution in [1.82, 2.24) is 4.90 Å². The lowest BCUT2D eigenvalue weighted by molar-refractivity contribution is -0.139. The number of ether oxygens (including phenoxy) is 3. The zero-order valence-corrected chi connectivity index (χ0v) is 21.3. The van der Waals surface area contributed by atoms with Crippen LogP contribution in [0, 0.1) is 20.8 Å². The number of hydrogen-bond donors (Lipinski definition) is 0. The third-order valence-corrected chi connectivity index (χ3v) is 7.43. The molecular formula is C29H35NO5. The topological polar surface area (TPSA) is 65.1 Å². The van der Waals surface area contributed by atoms with Crippen LogP contribution in [0.15, 0.2) is 48.2 Å². The van der Waals surface area contributed by atoms with E-state index in [4.69, 9.17) is 14.2 Å². The van der Waals surface area contributed by atoms with E-state index in [0.717, 1.165) is 35.1 Å². The van der Waals surface area contributed by atoms with Gasteiger partial charge in [0, 0.05) is 13.7 Å². The van der Waals surface area contributed by atoms with Crippen molar-refractivity contribution in [2.75, 3.05) is 20.4 Å². The highest BCUT2D eigenvalue weighted by Crippen LogP contribution is 2.50. The Bertz CT molecular complexity index is 1120. The van der Waals surface area contributed by atoms with E-state index in [-0.39, 0.29) is 18.7 Å². The minimum absolute atomic E-state index is 0.113. The van der Waals surface area contributed by atoms with Gasteiger partial charge in [-0.05, 0) is 81.7 Å². The number of rotatable bonds is 7. The molecule has 1 aliphatic heterocycles. The number of nitrogens with zero attached hydrogens (tertiary/aromatic N) is 1. The molecular weight excluding hydrogens is 442 g/mol. The standard InChI is InChI=1S/C29H35NO5/c1-6-34-18-30-27(31)25(24-20(3)11-9-12-21(24)4)26(29(30)16-14-22(33-5)15-17-29)35-28(32)23-13-8-7-10-19(23)2/h7-13,22H,6,14-18H2,1-5H3. The maximum Gasteiger partial charge on any atom is 0.343 e. The van der Waals surface area contributed by atoms with Crippen molar-refractivity contribution in [2.45, 2.75) is 65.0 Å². The van der Waals surface area contributed by atoms with Crippen LogP contribution in [0.3, 0.4) is 0 Å². The molecule has 1 heterocycles. The second kappa shape index (κ2) is 10.3. The van der Waals surface area contributed by atoms with Gasteiger partial charge in [0.1, 0.15) is 18.0 Å². The van der Waals surface area contributed by atoms with E-state index in [1.807, 2.05) is 64.1 Å². The van der Waals surface area contributed by atoms with Gasteiger partial charge < -0.3 is 19.1 Å². The molecule has 4 rings (SSSR count). The predicted octanol–water partition coefficient (Wildman–Crippen LogP) is 5.34. The van der Waals surface area contributed by atoms with Crippen LogP contribution in [0.4, 0.5) is 0 Å². The second-order valence-corrected chi connectivity index (χ2v) is 9.50. The smallest absolute Gasteiger partial charge is 0.343 e. The largest absolute Gasteiger partial charge is 0.424 e. The Morgan fingerprint density at radius 2 is 1.63 bits per heavy atom. The van der Waals surface area contributed by atoms with Gasteiger partial charge in [0.15, 0.2) is 0 Å². The van der Waals surface area contributed by atoms with Crippen molar-refractivity contribution in [3.8, 4) is 0 Å². The third-order valence-electron chi connectivity index (χ3n) is 7.43. The number of amides is 1. The average Bonchev–Trinajstić information content (AvgIpc) is 3.05. The van der Waals surface area contributed by atoms with Crippen LogP contribution in [0.25, 0.3) is 5.57 Å². The first-order valence-electron chi connectivity index (χ1n) is 12.4. The number of esters is 1. The molecule has 0 N–H and O–H groups in total. The Labute approximate surface area is 207 Å². The zero-order valence-electron chi connectivity index (χ0n) is 21.3. The summed E-state index contributed by atoms with van der Waals surface area (Å²) in [5.41, 5.74) is 3.81. The van der Waals surface area contributed by atoms with Gasteiger partial charge in [0.25, 0.3) is 5.91 Å². The average molecular weight is 478 g/mol. The van der Waals surface area contributed by atoms with Crippen LogP contribution in [0.2, 0.25) is 0 Å². The number of methoxy groups -OCH3 is 1. The minimum Gasteiger partial charge on any atom is -0.424 e. The number of carbonyl (C=O) groups excluding carboxylic acids is 2. The first kappa shape index (κ1) is 25.1. The van der Waals surface area contributed by atoms with E-state index in [1.54, 1.807) is 18.1 Å². The molecule has 0 unspecified atom stereocenters. The maximum atomic E-state index is 14.1. The fraction of sp³-hybridized carbons (Fsp3) is 0.448. The summed E-state index contributed by atoms with van der Waals surface area (Å²) in [6, 6.07) is 13.3. The molecule has 6 nitrogen and oxygen atoms in total. The van der Waals surface area contributed by atoms with Gasteiger partial charge in [0.2, 0.25) is 0 Å². The summed E-state index contributed by atoms with van der Waals surface area (Å²) in [4.78, 5) is 29.4.